The molecule has 22 heavy (non-hydrogen) atoms. The summed E-state index contributed by atoms with van der Waals surface area (Å²) in [4.78, 5) is 16.5. The van der Waals surface area contributed by atoms with E-state index < -0.39 is 0 Å². The number of carbonyl (C=O) groups is 1. The van der Waals surface area contributed by atoms with Crippen LogP contribution in [0.1, 0.15) is 36.0 Å². The second kappa shape index (κ2) is 6.30. The summed E-state index contributed by atoms with van der Waals surface area (Å²) in [5.74, 6) is 0.186. The van der Waals surface area contributed by atoms with Crippen molar-refractivity contribution < 1.29 is 4.79 Å². The van der Waals surface area contributed by atoms with Crippen LogP contribution in [-0.2, 0) is 16.6 Å². The van der Waals surface area contributed by atoms with Gasteiger partial charge in [0.1, 0.15) is 0 Å². The standard InChI is InChI=1S/C19H22N2O/c1-15-4-6-17(7-5-15)19(10-11-19)18(22)21-12-2-3-16-8-13-20-14-9-16/h4-9,13-14H,2-3,10-12H2,1H3,(H,21,22). The molecule has 0 atom stereocenters. The fourth-order valence-electron chi connectivity index (χ4n) is 2.86. The lowest BCUT2D eigenvalue weighted by atomic mass is 9.94. The maximum atomic E-state index is 12.5. The third-order valence-electron chi connectivity index (χ3n) is 4.47. The van der Waals surface area contributed by atoms with Crippen LogP contribution in [0.4, 0.5) is 0 Å². The van der Waals surface area contributed by atoms with Gasteiger partial charge >= 0.3 is 0 Å². The highest BCUT2D eigenvalue weighted by Crippen LogP contribution is 2.48. The number of amides is 1. The molecule has 114 valence electrons. The third kappa shape index (κ3) is 3.19. The number of aryl methyl sites for hydroxylation is 2. The lowest BCUT2D eigenvalue weighted by Gasteiger charge is -2.16. The van der Waals surface area contributed by atoms with Crippen molar-refractivity contribution in [2.75, 3.05) is 6.54 Å². The number of hydrogen-bond donors (Lipinski definition) is 1. The smallest absolute Gasteiger partial charge is 0.230 e. The van der Waals surface area contributed by atoms with E-state index in [1.54, 1.807) is 0 Å². The molecule has 1 N–H and O–H groups in total. The Morgan fingerprint density at radius 3 is 2.45 bits per heavy atom. The largest absolute Gasteiger partial charge is 0.355 e. The second-order valence-corrected chi connectivity index (χ2v) is 6.16. The molecular formula is C19H22N2O. The number of nitrogens with one attached hydrogen (secondary N) is 1. The number of carbonyl (C=O) groups excluding carboxylic acids is 1. The fraction of sp³-hybridized carbons (Fsp3) is 0.368. The SMILES string of the molecule is Cc1ccc(C2(C(=O)NCCCc3ccncc3)CC2)cc1. The molecule has 2 aromatic rings. The van der Waals surface area contributed by atoms with Gasteiger partial charge in [-0.05, 0) is 55.9 Å². The predicted octanol–water partition coefficient (Wildman–Crippen LogP) is 3.17. The van der Waals surface area contributed by atoms with Crippen LogP contribution in [0.5, 0.6) is 0 Å². The predicted molar refractivity (Wildman–Crippen MR) is 87.7 cm³/mol. The van der Waals surface area contributed by atoms with Crippen molar-refractivity contribution in [3.63, 3.8) is 0 Å². The lowest BCUT2D eigenvalue weighted by Crippen LogP contribution is -2.35. The molecule has 1 aliphatic carbocycles. The number of hydrogen-bond acceptors (Lipinski definition) is 2. The Morgan fingerprint density at radius 2 is 1.82 bits per heavy atom. The molecule has 1 aliphatic rings. The normalized spacial score (nSPS) is 15.3. The van der Waals surface area contributed by atoms with Crippen LogP contribution < -0.4 is 5.32 Å². The minimum Gasteiger partial charge on any atom is -0.355 e. The molecule has 0 aliphatic heterocycles. The van der Waals surface area contributed by atoms with Gasteiger partial charge in [-0.3, -0.25) is 9.78 Å². The van der Waals surface area contributed by atoms with E-state index in [1.807, 2.05) is 24.5 Å². The van der Waals surface area contributed by atoms with Crippen molar-refractivity contribution in [2.24, 2.45) is 0 Å². The van der Waals surface area contributed by atoms with Crippen LogP contribution in [0, 0.1) is 6.92 Å². The first-order valence-corrected chi connectivity index (χ1v) is 7.95. The summed E-state index contributed by atoms with van der Waals surface area (Å²) >= 11 is 0. The summed E-state index contributed by atoms with van der Waals surface area (Å²) < 4.78 is 0. The van der Waals surface area contributed by atoms with E-state index in [-0.39, 0.29) is 11.3 Å². The zero-order valence-electron chi connectivity index (χ0n) is 13.0. The maximum absolute atomic E-state index is 12.5. The van der Waals surface area contributed by atoms with Crippen molar-refractivity contribution >= 4 is 5.91 Å². The first-order chi connectivity index (χ1) is 10.7. The summed E-state index contributed by atoms with van der Waals surface area (Å²) in [6.07, 6.45) is 7.48. The molecule has 1 saturated carbocycles. The van der Waals surface area contributed by atoms with Gasteiger partial charge in [-0.25, -0.2) is 0 Å². The fourth-order valence-corrected chi connectivity index (χ4v) is 2.86. The van der Waals surface area contributed by atoms with Crippen molar-refractivity contribution in [2.45, 2.75) is 38.0 Å². The highest BCUT2D eigenvalue weighted by molar-refractivity contribution is 5.91. The molecule has 3 heteroatoms. The first-order valence-electron chi connectivity index (χ1n) is 7.95. The van der Waals surface area contributed by atoms with E-state index in [2.05, 4.69) is 41.5 Å². The van der Waals surface area contributed by atoms with Gasteiger partial charge in [0, 0.05) is 18.9 Å². The third-order valence-corrected chi connectivity index (χ3v) is 4.47. The van der Waals surface area contributed by atoms with E-state index in [0.717, 1.165) is 37.8 Å². The first kappa shape index (κ1) is 14.8. The van der Waals surface area contributed by atoms with Crippen LogP contribution in [0.2, 0.25) is 0 Å². The van der Waals surface area contributed by atoms with Crippen molar-refractivity contribution in [3.05, 3.63) is 65.5 Å². The Hall–Kier alpha value is -2.16. The van der Waals surface area contributed by atoms with E-state index in [9.17, 15) is 4.79 Å². The second-order valence-electron chi connectivity index (χ2n) is 6.16. The Balaban J connectivity index is 1.51. The molecule has 0 spiro atoms. The van der Waals surface area contributed by atoms with Crippen LogP contribution >= 0.6 is 0 Å². The average Bonchev–Trinajstić information content (AvgIpc) is 3.35. The monoisotopic (exact) mass is 294 g/mol. The number of aromatic nitrogens is 1. The molecule has 1 amide bonds. The highest BCUT2D eigenvalue weighted by atomic mass is 16.2. The van der Waals surface area contributed by atoms with Crippen LogP contribution in [0.25, 0.3) is 0 Å². The van der Waals surface area contributed by atoms with Crippen molar-refractivity contribution in [1.82, 2.24) is 10.3 Å². The Morgan fingerprint density at radius 1 is 1.14 bits per heavy atom. The molecule has 1 fully saturated rings. The molecule has 1 aromatic heterocycles. The minimum atomic E-state index is -0.260. The number of pyridine rings is 1. The van der Waals surface area contributed by atoms with Crippen molar-refractivity contribution in [1.29, 1.82) is 0 Å². The van der Waals surface area contributed by atoms with Gasteiger partial charge in [0.05, 0.1) is 5.41 Å². The van der Waals surface area contributed by atoms with Gasteiger partial charge in [0.25, 0.3) is 0 Å². The van der Waals surface area contributed by atoms with Gasteiger partial charge in [-0.2, -0.15) is 0 Å². The van der Waals surface area contributed by atoms with E-state index >= 15 is 0 Å². The van der Waals surface area contributed by atoms with Gasteiger partial charge in [-0.15, -0.1) is 0 Å². The summed E-state index contributed by atoms with van der Waals surface area (Å²) in [7, 11) is 0. The van der Waals surface area contributed by atoms with Crippen molar-refractivity contribution in [3.8, 4) is 0 Å². The zero-order valence-corrected chi connectivity index (χ0v) is 13.0. The van der Waals surface area contributed by atoms with Crippen LogP contribution in [0.15, 0.2) is 48.8 Å². The lowest BCUT2D eigenvalue weighted by molar-refractivity contribution is -0.123. The molecule has 0 bridgehead atoms. The number of nitrogens with zero attached hydrogens (tertiary/aromatic N) is 1. The molecule has 0 unspecified atom stereocenters. The topological polar surface area (TPSA) is 42.0 Å². The quantitative estimate of drug-likeness (QED) is 0.831. The average molecular weight is 294 g/mol. The summed E-state index contributed by atoms with van der Waals surface area (Å²) in [5, 5.41) is 3.11. The Labute approximate surface area is 131 Å². The Bertz CT molecular complexity index is 630. The summed E-state index contributed by atoms with van der Waals surface area (Å²) in [6, 6.07) is 12.4. The van der Waals surface area contributed by atoms with Gasteiger partial charge in [-0.1, -0.05) is 29.8 Å². The summed E-state index contributed by atoms with van der Waals surface area (Å²) in [5.41, 5.74) is 3.40. The van der Waals surface area contributed by atoms with Crippen LogP contribution in [-0.4, -0.2) is 17.4 Å². The maximum Gasteiger partial charge on any atom is 0.230 e. The molecule has 0 saturated heterocycles. The van der Waals surface area contributed by atoms with Gasteiger partial charge in [0.2, 0.25) is 5.91 Å². The van der Waals surface area contributed by atoms with Gasteiger partial charge in [0.15, 0.2) is 0 Å². The highest BCUT2D eigenvalue weighted by Gasteiger charge is 2.50. The minimum absolute atomic E-state index is 0.186. The zero-order chi connectivity index (χ0) is 15.4. The van der Waals surface area contributed by atoms with E-state index in [0.29, 0.717) is 0 Å². The molecule has 1 aromatic carbocycles. The van der Waals surface area contributed by atoms with E-state index in [4.69, 9.17) is 0 Å². The molecule has 3 nitrogen and oxygen atoms in total. The number of rotatable bonds is 6. The van der Waals surface area contributed by atoms with E-state index in [1.165, 1.54) is 11.1 Å². The molecule has 3 rings (SSSR count). The van der Waals surface area contributed by atoms with Crippen LogP contribution in [0.3, 0.4) is 0 Å². The van der Waals surface area contributed by atoms with Gasteiger partial charge < -0.3 is 5.32 Å². The molecule has 0 radical (unpaired) electrons. The Kier molecular flexibility index (Phi) is 4.23. The molecule has 1 heterocycles. The summed E-state index contributed by atoms with van der Waals surface area (Å²) in [6.45, 7) is 2.80. The molecular weight excluding hydrogens is 272 g/mol. The number of benzene rings is 1.